The summed E-state index contributed by atoms with van der Waals surface area (Å²) in [5.41, 5.74) is 1.02. The molecule has 0 radical (unpaired) electrons. The molecular weight excluding hydrogens is 292 g/mol. The first-order valence-electron chi connectivity index (χ1n) is 8.34. The minimum absolute atomic E-state index is 0.0198. The van der Waals surface area contributed by atoms with Gasteiger partial charge < -0.3 is 15.0 Å². The van der Waals surface area contributed by atoms with Gasteiger partial charge in [-0.15, -0.1) is 0 Å². The molecule has 1 aromatic rings. The second kappa shape index (κ2) is 8.67. The average Bonchev–Trinajstić information content (AvgIpc) is 3.10. The van der Waals surface area contributed by atoms with Crippen LogP contribution in [0.4, 0.5) is 0 Å². The highest BCUT2D eigenvalue weighted by Gasteiger charge is 2.26. The highest BCUT2D eigenvalue weighted by molar-refractivity contribution is 5.87. The van der Waals surface area contributed by atoms with Gasteiger partial charge in [0.1, 0.15) is 6.04 Å². The molecule has 0 unspecified atom stereocenters. The molecule has 1 N–H and O–H groups in total. The van der Waals surface area contributed by atoms with Crippen molar-refractivity contribution in [3.63, 3.8) is 0 Å². The maximum atomic E-state index is 12.4. The van der Waals surface area contributed by atoms with Gasteiger partial charge in [-0.1, -0.05) is 37.3 Å². The molecule has 1 heterocycles. The summed E-state index contributed by atoms with van der Waals surface area (Å²) in [7, 11) is 0. The molecule has 0 aromatic heterocycles. The zero-order chi connectivity index (χ0) is 16.7. The second-order valence-electron chi connectivity index (χ2n) is 5.92. The van der Waals surface area contributed by atoms with Crippen LogP contribution in [0.5, 0.6) is 0 Å². The van der Waals surface area contributed by atoms with Crippen LogP contribution in [-0.4, -0.2) is 42.0 Å². The lowest BCUT2D eigenvalue weighted by Crippen LogP contribution is -2.48. The van der Waals surface area contributed by atoms with Crippen LogP contribution in [0.1, 0.15) is 38.7 Å². The Hall–Kier alpha value is -1.88. The Balaban J connectivity index is 1.96. The molecule has 1 aliphatic heterocycles. The minimum atomic E-state index is -0.496. The van der Waals surface area contributed by atoms with Gasteiger partial charge in [-0.2, -0.15) is 0 Å². The van der Waals surface area contributed by atoms with Crippen molar-refractivity contribution in [2.75, 3.05) is 13.2 Å². The predicted molar refractivity (Wildman–Crippen MR) is 88.7 cm³/mol. The third kappa shape index (κ3) is 5.06. The van der Waals surface area contributed by atoms with Crippen molar-refractivity contribution in [1.82, 2.24) is 10.2 Å². The third-order valence-electron chi connectivity index (χ3n) is 4.19. The molecule has 23 heavy (non-hydrogen) atoms. The van der Waals surface area contributed by atoms with E-state index in [-0.39, 0.29) is 17.9 Å². The fraction of sp³-hybridized carbons (Fsp3) is 0.556. The fourth-order valence-corrected chi connectivity index (χ4v) is 2.73. The second-order valence-corrected chi connectivity index (χ2v) is 5.92. The molecule has 2 amide bonds. The number of nitrogens with one attached hydrogen (secondary N) is 1. The summed E-state index contributed by atoms with van der Waals surface area (Å²) in [5.74, 6) is -0.146. The van der Waals surface area contributed by atoms with Crippen LogP contribution >= 0.6 is 0 Å². The van der Waals surface area contributed by atoms with Crippen molar-refractivity contribution < 1.29 is 14.3 Å². The number of carbonyl (C=O) groups excluding carboxylic acids is 2. The average molecular weight is 318 g/mol. The quantitative estimate of drug-likeness (QED) is 0.837. The Morgan fingerprint density at radius 3 is 2.70 bits per heavy atom. The van der Waals surface area contributed by atoms with Crippen LogP contribution in [-0.2, 0) is 20.9 Å². The van der Waals surface area contributed by atoms with E-state index in [9.17, 15) is 9.59 Å². The number of ether oxygens (including phenoxy) is 1. The van der Waals surface area contributed by atoms with E-state index in [1.54, 1.807) is 11.8 Å². The lowest BCUT2D eigenvalue weighted by atomic mass is 10.1. The molecule has 5 nitrogen and oxygen atoms in total. The van der Waals surface area contributed by atoms with E-state index in [0.29, 0.717) is 19.5 Å². The van der Waals surface area contributed by atoms with Gasteiger partial charge >= 0.3 is 0 Å². The number of hydrogen-bond donors (Lipinski definition) is 1. The Kier molecular flexibility index (Phi) is 6.59. The maximum absolute atomic E-state index is 12.4. The molecule has 1 saturated heterocycles. The predicted octanol–water partition coefficient (Wildman–Crippen LogP) is 2.11. The van der Waals surface area contributed by atoms with Crippen LogP contribution in [0.25, 0.3) is 0 Å². The molecule has 1 aromatic carbocycles. The van der Waals surface area contributed by atoms with Crippen LogP contribution in [0.2, 0.25) is 0 Å². The first-order chi connectivity index (χ1) is 11.1. The van der Waals surface area contributed by atoms with Crippen molar-refractivity contribution in [3.05, 3.63) is 35.9 Å². The number of nitrogens with zero attached hydrogens (tertiary/aromatic N) is 1. The third-order valence-corrected chi connectivity index (χ3v) is 4.19. The molecule has 1 fully saturated rings. The van der Waals surface area contributed by atoms with Crippen molar-refractivity contribution in [2.24, 2.45) is 0 Å². The van der Waals surface area contributed by atoms with E-state index in [1.807, 2.05) is 37.3 Å². The number of carbonyl (C=O) groups is 2. The molecule has 126 valence electrons. The Labute approximate surface area is 138 Å². The van der Waals surface area contributed by atoms with Gasteiger partial charge in [0.05, 0.1) is 6.10 Å². The highest BCUT2D eigenvalue weighted by Crippen LogP contribution is 2.12. The molecular formula is C18H26N2O3. The number of rotatable bonds is 7. The molecule has 2 rings (SSSR count). The summed E-state index contributed by atoms with van der Waals surface area (Å²) < 4.78 is 5.51. The number of hydrogen-bond acceptors (Lipinski definition) is 3. The topological polar surface area (TPSA) is 58.6 Å². The van der Waals surface area contributed by atoms with Crippen LogP contribution < -0.4 is 5.32 Å². The summed E-state index contributed by atoms with van der Waals surface area (Å²) in [6.07, 6.45) is 2.52. The highest BCUT2D eigenvalue weighted by atomic mass is 16.5. The Bertz CT molecular complexity index is 512. The van der Waals surface area contributed by atoms with Crippen LogP contribution in [0.3, 0.4) is 0 Å². The first-order valence-corrected chi connectivity index (χ1v) is 8.34. The van der Waals surface area contributed by atoms with Gasteiger partial charge in [-0.05, 0) is 25.3 Å². The van der Waals surface area contributed by atoms with Gasteiger partial charge in [0, 0.05) is 26.1 Å². The van der Waals surface area contributed by atoms with E-state index in [2.05, 4.69) is 5.32 Å². The van der Waals surface area contributed by atoms with Gasteiger partial charge in [-0.25, -0.2) is 0 Å². The molecule has 1 aliphatic rings. The van der Waals surface area contributed by atoms with Gasteiger partial charge in [-0.3, -0.25) is 9.59 Å². The lowest BCUT2D eigenvalue weighted by Gasteiger charge is -2.28. The SMILES string of the molecule is CCC(=O)N(Cc1ccccc1)[C@H](C)C(=O)NC[C@@H]1CCCO1. The van der Waals surface area contributed by atoms with Gasteiger partial charge in [0.25, 0.3) is 0 Å². The molecule has 0 spiro atoms. The molecule has 0 bridgehead atoms. The summed E-state index contributed by atoms with van der Waals surface area (Å²) in [6.45, 7) is 5.33. The lowest BCUT2D eigenvalue weighted by molar-refractivity contribution is -0.140. The largest absolute Gasteiger partial charge is 0.376 e. The normalized spacial score (nSPS) is 18.4. The number of benzene rings is 1. The smallest absolute Gasteiger partial charge is 0.242 e. The summed E-state index contributed by atoms with van der Waals surface area (Å²) in [6, 6.07) is 9.25. The standard InChI is InChI=1S/C18H26N2O3/c1-3-17(21)20(13-15-8-5-4-6-9-15)14(2)18(22)19-12-16-10-7-11-23-16/h4-6,8-9,14,16H,3,7,10-13H2,1-2H3,(H,19,22)/t14-,16+/m1/s1. The molecule has 0 saturated carbocycles. The molecule has 0 aliphatic carbocycles. The maximum Gasteiger partial charge on any atom is 0.242 e. The van der Waals surface area contributed by atoms with E-state index < -0.39 is 6.04 Å². The zero-order valence-corrected chi connectivity index (χ0v) is 14.0. The van der Waals surface area contributed by atoms with Crippen molar-refractivity contribution in [1.29, 1.82) is 0 Å². The van der Waals surface area contributed by atoms with Crippen molar-refractivity contribution >= 4 is 11.8 Å². The summed E-state index contributed by atoms with van der Waals surface area (Å²) in [4.78, 5) is 26.3. The van der Waals surface area contributed by atoms with E-state index in [4.69, 9.17) is 4.74 Å². The fourth-order valence-electron chi connectivity index (χ4n) is 2.73. The monoisotopic (exact) mass is 318 g/mol. The van der Waals surface area contributed by atoms with Crippen molar-refractivity contribution in [3.8, 4) is 0 Å². The van der Waals surface area contributed by atoms with E-state index in [0.717, 1.165) is 25.0 Å². The van der Waals surface area contributed by atoms with Crippen LogP contribution in [0.15, 0.2) is 30.3 Å². The minimum Gasteiger partial charge on any atom is -0.376 e. The number of amides is 2. The zero-order valence-electron chi connectivity index (χ0n) is 14.0. The summed E-state index contributed by atoms with van der Waals surface area (Å²) in [5, 5.41) is 2.91. The van der Waals surface area contributed by atoms with E-state index in [1.165, 1.54) is 0 Å². The van der Waals surface area contributed by atoms with Gasteiger partial charge in [0.15, 0.2) is 0 Å². The molecule has 5 heteroatoms. The first kappa shape index (κ1) is 17.5. The molecule has 2 atom stereocenters. The van der Waals surface area contributed by atoms with Crippen molar-refractivity contribution in [2.45, 2.75) is 51.8 Å². The Morgan fingerprint density at radius 2 is 2.09 bits per heavy atom. The Morgan fingerprint density at radius 1 is 1.35 bits per heavy atom. The van der Waals surface area contributed by atoms with Crippen LogP contribution in [0, 0.1) is 0 Å². The van der Waals surface area contributed by atoms with Gasteiger partial charge in [0.2, 0.25) is 11.8 Å². The van der Waals surface area contributed by atoms with E-state index >= 15 is 0 Å². The summed E-state index contributed by atoms with van der Waals surface area (Å²) >= 11 is 0.